The standard InChI is InChI=1S/C17H15FO2/c1-10-5-11(2)7-12(6-10)17-9-15(19)14-8-13(18)3-4-16(14)20-17/h3-8,17H,9H2,1-2H3. The van der Waals surface area contributed by atoms with Gasteiger partial charge in [0, 0.05) is 0 Å². The summed E-state index contributed by atoms with van der Waals surface area (Å²) in [5.74, 6) is -0.0210. The lowest BCUT2D eigenvalue weighted by Crippen LogP contribution is -2.20. The van der Waals surface area contributed by atoms with Gasteiger partial charge in [0.25, 0.3) is 0 Å². The molecule has 0 aromatic heterocycles. The first kappa shape index (κ1) is 12.9. The van der Waals surface area contributed by atoms with Crippen LogP contribution < -0.4 is 4.74 Å². The molecular weight excluding hydrogens is 255 g/mol. The summed E-state index contributed by atoms with van der Waals surface area (Å²) >= 11 is 0. The summed E-state index contributed by atoms with van der Waals surface area (Å²) in [6.07, 6.45) is -0.0432. The van der Waals surface area contributed by atoms with Gasteiger partial charge in [-0.15, -0.1) is 0 Å². The van der Waals surface area contributed by atoms with Crippen molar-refractivity contribution in [3.8, 4) is 5.75 Å². The normalized spacial score (nSPS) is 17.6. The van der Waals surface area contributed by atoms with Crippen molar-refractivity contribution in [3.63, 3.8) is 0 Å². The molecule has 1 aliphatic heterocycles. The molecule has 1 aliphatic rings. The SMILES string of the molecule is Cc1cc(C)cc(C2CC(=O)c3cc(F)ccc3O2)c1. The second kappa shape index (κ2) is 4.75. The van der Waals surface area contributed by atoms with E-state index >= 15 is 0 Å². The molecular formula is C17H15FO2. The number of carbonyl (C=O) groups excluding carboxylic acids is 1. The number of aryl methyl sites for hydroxylation is 2. The lowest BCUT2D eigenvalue weighted by atomic mass is 9.94. The largest absolute Gasteiger partial charge is 0.484 e. The van der Waals surface area contributed by atoms with Gasteiger partial charge in [-0.05, 0) is 37.6 Å². The molecule has 2 nitrogen and oxygen atoms in total. The van der Waals surface area contributed by atoms with Crippen LogP contribution in [0, 0.1) is 19.7 Å². The number of fused-ring (bicyclic) bond motifs is 1. The van der Waals surface area contributed by atoms with Crippen molar-refractivity contribution < 1.29 is 13.9 Å². The number of ketones is 1. The van der Waals surface area contributed by atoms with Crippen LogP contribution in [-0.4, -0.2) is 5.78 Å². The van der Waals surface area contributed by atoms with Crippen molar-refractivity contribution in [1.29, 1.82) is 0 Å². The Morgan fingerprint density at radius 1 is 1.10 bits per heavy atom. The summed E-state index contributed by atoms with van der Waals surface area (Å²) in [4.78, 5) is 12.1. The quantitative estimate of drug-likeness (QED) is 0.778. The smallest absolute Gasteiger partial charge is 0.170 e. The number of hydrogen-bond donors (Lipinski definition) is 0. The minimum atomic E-state index is -0.412. The van der Waals surface area contributed by atoms with Gasteiger partial charge in [0.2, 0.25) is 0 Å². The minimum Gasteiger partial charge on any atom is -0.484 e. The van der Waals surface area contributed by atoms with Crippen molar-refractivity contribution in [1.82, 2.24) is 0 Å². The van der Waals surface area contributed by atoms with E-state index in [1.807, 2.05) is 26.0 Å². The molecule has 3 heteroatoms. The van der Waals surface area contributed by atoms with Gasteiger partial charge in [-0.1, -0.05) is 29.3 Å². The van der Waals surface area contributed by atoms with E-state index in [0.717, 1.165) is 16.7 Å². The number of halogens is 1. The van der Waals surface area contributed by atoms with Crippen LogP contribution in [0.15, 0.2) is 36.4 Å². The van der Waals surface area contributed by atoms with Gasteiger partial charge >= 0.3 is 0 Å². The molecule has 0 bridgehead atoms. The highest BCUT2D eigenvalue weighted by atomic mass is 19.1. The third-order valence-corrected chi connectivity index (χ3v) is 3.50. The number of Topliss-reactive ketones (excluding diaryl/α,β-unsaturated/α-hetero) is 1. The molecule has 1 heterocycles. The highest BCUT2D eigenvalue weighted by Gasteiger charge is 2.28. The molecule has 0 amide bonds. The zero-order valence-electron chi connectivity index (χ0n) is 11.4. The lowest BCUT2D eigenvalue weighted by molar-refractivity contribution is 0.0849. The molecule has 2 aromatic rings. The third-order valence-electron chi connectivity index (χ3n) is 3.50. The topological polar surface area (TPSA) is 26.3 Å². The molecule has 0 N–H and O–H groups in total. The van der Waals surface area contributed by atoms with Crippen LogP contribution >= 0.6 is 0 Å². The minimum absolute atomic E-state index is 0.0742. The van der Waals surface area contributed by atoms with E-state index in [-0.39, 0.29) is 18.3 Å². The van der Waals surface area contributed by atoms with Gasteiger partial charge in [-0.25, -0.2) is 4.39 Å². The summed E-state index contributed by atoms with van der Waals surface area (Å²) in [6.45, 7) is 4.04. The summed E-state index contributed by atoms with van der Waals surface area (Å²) in [5, 5.41) is 0. The second-order valence-corrected chi connectivity index (χ2v) is 5.30. The Hall–Kier alpha value is -2.16. The Balaban J connectivity index is 1.99. The molecule has 0 spiro atoms. The first-order valence-electron chi connectivity index (χ1n) is 6.60. The monoisotopic (exact) mass is 270 g/mol. The Bertz CT molecular complexity index is 671. The first-order chi connectivity index (χ1) is 9.52. The van der Waals surface area contributed by atoms with E-state index in [1.54, 1.807) is 0 Å². The fraction of sp³-hybridized carbons (Fsp3) is 0.235. The Labute approximate surface area is 117 Å². The molecule has 0 aliphatic carbocycles. The molecule has 20 heavy (non-hydrogen) atoms. The number of hydrogen-bond acceptors (Lipinski definition) is 2. The molecule has 0 fully saturated rings. The maximum atomic E-state index is 13.2. The van der Waals surface area contributed by atoms with Crippen LogP contribution in [0.5, 0.6) is 5.75 Å². The van der Waals surface area contributed by atoms with E-state index < -0.39 is 5.82 Å². The Morgan fingerprint density at radius 3 is 2.50 bits per heavy atom. The van der Waals surface area contributed by atoms with Gasteiger partial charge in [0.15, 0.2) is 5.78 Å². The summed E-state index contributed by atoms with van der Waals surface area (Å²) < 4.78 is 19.1. The van der Waals surface area contributed by atoms with E-state index in [1.165, 1.54) is 18.2 Å². The Kier molecular flexibility index (Phi) is 3.05. The van der Waals surface area contributed by atoms with Crippen molar-refractivity contribution in [3.05, 3.63) is 64.5 Å². The van der Waals surface area contributed by atoms with Crippen molar-refractivity contribution in [2.75, 3.05) is 0 Å². The van der Waals surface area contributed by atoms with Crippen LogP contribution in [0.3, 0.4) is 0 Å². The summed E-state index contributed by atoms with van der Waals surface area (Å²) in [7, 11) is 0. The van der Waals surface area contributed by atoms with Crippen LogP contribution in [0.25, 0.3) is 0 Å². The molecule has 0 saturated carbocycles. The summed E-state index contributed by atoms with van der Waals surface area (Å²) in [5.41, 5.74) is 3.61. The fourth-order valence-corrected chi connectivity index (χ4v) is 2.68. The van der Waals surface area contributed by atoms with Crippen LogP contribution in [-0.2, 0) is 0 Å². The zero-order chi connectivity index (χ0) is 14.3. The van der Waals surface area contributed by atoms with Crippen molar-refractivity contribution >= 4 is 5.78 Å². The average molecular weight is 270 g/mol. The summed E-state index contributed by atoms with van der Waals surface area (Å²) in [6, 6.07) is 10.2. The van der Waals surface area contributed by atoms with Crippen molar-refractivity contribution in [2.24, 2.45) is 0 Å². The van der Waals surface area contributed by atoms with Crippen LogP contribution in [0.4, 0.5) is 4.39 Å². The fourth-order valence-electron chi connectivity index (χ4n) is 2.68. The Morgan fingerprint density at radius 2 is 1.80 bits per heavy atom. The van der Waals surface area contributed by atoms with Gasteiger partial charge in [0.1, 0.15) is 17.7 Å². The molecule has 3 rings (SSSR count). The van der Waals surface area contributed by atoms with Crippen molar-refractivity contribution in [2.45, 2.75) is 26.4 Å². The maximum Gasteiger partial charge on any atom is 0.170 e. The highest BCUT2D eigenvalue weighted by molar-refractivity contribution is 6.00. The predicted molar refractivity (Wildman–Crippen MR) is 74.6 cm³/mol. The van der Waals surface area contributed by atoms with E-state index in [4.69, 9.17) is 4.74 Å². The van der Waals surface area contributed by atoms with Crippen LogP contribution in [0.2, 0.25) is 0 Å². The van der Waals surface area contributed by atoms with Crippen LogP contribution in [0.1, 0.15) is 39.6 Å². The zero-order valence-corrected chi connectivity index (χ0v) is 11.4. The predicted octanol–water partition coefficient (Wildman–Crippen LogP) is 4.15. The van der Waals surface area contributed by atoms with Gasteiger partial charge in [-0.2, -0.15) is 0 Å². The first-order valence-corrected chi connectivity index (χ1v) is 6.60. The number of rotatable bonds is 1. The number of carbonyl (C=O) groups is 1. The molecule has 0 saturated heterocycles. The maximum absolute atomic E-state index is 13.2. The van der Waals surface area contributed by atoms with Gasteiger partial charge < -0.3 is 4.74 Å². The van der Waals surface area contributed by atoms with E-state index in [2.05, 4.69) is 6.07 Å². The third kappa shape index (κ3) is 2.31. The van der Waals surface area contributed by atoms with E-state index in [0.29, 0.717) is 11.3 Å². The molecule has 2 aromatic carbocycles. The number of benzene rings is 2. The molecule has 0 radical (unpaired) electrons. The highest BCUT2D eigenvalue weighted by Crippen LogP contribution is 2.35. The number of ether oxygens (including phenoxy) is 1. The van der Waals surface area contributed by atoms with E-state index in [9.17, 15) is 9.18 Å². The second-order valence-electron chi connectivity index (χ2n) is 5.30. The molecule has 1 unspecified atom stereocenters. The lowest BCUT2D eigenvalue weighted by Gasteiger charge is -2.26. The average Bonchev–Trinajstić information content (AvgIpc) is 2.38. The molecule has 102 valence electrons. The molecule has 1 atom stereocenters. The van der Waals surface area contributed by atoms with Gasteiger partial charge in [0.05, 0.1) is 12.0 Å². The van der Waals surface area contributed by atoms with Gasteiger partial charge in [-0.3, -0.25) is 4.79 Å².